The molecule has 16 heteroatoms. The molecular weight excluding hydrogens is 602 g/mol. The van der Waals surface area contributed by atoms with Crippen LogP contribution in [0.15, 0.2) is 88.2 Å². The number of carboxylic acid groups (broad SMARTS) is 1. The number of thioether (sulfide) groups is 1. The highest BCUT2D eigenvalue weighted by Crippen LogP contribution is 2.26. The van der Waals surface area contributed by atoms with Gasteiger partial charge in [0.1, 0.15) is 12.1 Å². The quantitative estimate of drug-likeness (QED) is 0.0822. The molecule has 0 saturated carbocycles. The highest BCUT2D eigenvalue weighted by atomic mass is 32.2. The number of nitrogens with two attached hydrogens (primary N) is 1. The van der Waals surface area contributed by atoms with Gasteiger partial charge in [0.2, 0.25) is 0 Å². The first-order valence-corrected chi connectivity index (χ1v) is 12.7. The molecule has 0 atom stereocenters. The molecule has 0 aliphatic heterocycles. The second-order valence-electron chi connectivity index (χ2n) is 8.49. The van der Waals surface area contributed by atoms with E-state index in [4.69, 9.17) is 15.6 Å². The van der Waals surface area contributed by atoms with E-state index in [0.29, 0.717) is 16.7 Å². The van der Waals surface area contributed by atoms with Crippen LogP contribution >= 0.6 is 11.8 Å². The molecule has 0 spiro atoms. The van der Waals surface area contributed by atoms with Crippen molar-refractivity contribution >= 4 is 29.1 Å². The molecule has 4 aromatic rings. The number of aryl methyl sites for hydroxylation is 2. The van der Waals surface area contributed by atoms with Gasteiger partial charge in [-0.15, -0.1) is 23.4 Å². The summed E-state index contributed by atoms with van der Waals surface area (Å²) in [6, 6.07) is 18.7. The molecule has 226 valence electrons. The lowest BCUT2D eigenvalue weighted by Gasteiger charge is -2.09. The number of alkyl halides is 6. The Morgan fingerprint density at radius 2 is 1.56 bits per heavy atom. The van der Waals surface area contributed by atoms with Crippen molar-refractivity contribution in [3.8, 4) is 22.8 Å². The maximum absolute atomic E-state index is 12.3. The van der Waals surface area contributed by atoms with Gasteiger partial charge in [0.05, 0.1) is 11.9 Å². The van der Waals surface area contributed by atoms with Gasteiger partial charge < -0.3 is 15.6 Å². The standard InChI is InChI=1S/C25H21F3N6OS.C2HF3O2/c1-16-4-3-5-17(2)22(16)36-24(29)32-31-14-18-6-8-19(9-7-18)23-30-15-34(33-23)20-10-12-21(13-11-20)35-25(26,27)28;3-2(4,5)1(6)7/h3-15H,1-2H3,(H2,29,32);(H,6,7). The highest BCUT2D eigenvalue weighted by Gasteiger charge is 2.38. The number of aromatic nitrogens is 3. The predicted molar refractivity (Wildman–Crippen MR) is 148 cm³/mol. The molecule has 1 heterocycles. The van der Waals surface area contributed by atoms with Crippen LogP contribution < -0.4 is 10.5 Å². The zero-order valence-corrected chi connectivity index (χ0v) is 23.1. The summed E-state index contributed by atoms with van der Waals surface area (Å²) in [4.78, 5) is 14.2. The summed E-state index contributed by atoms with van der Waals surface area (Å²) < 4.78 is 74.1. The van der Waals surface area contributed by atoms with Crippen LogP contribution in [0.4, 0.5) is 26.3 Å². The number of aliphatic carboxylic acids is 1. The summed E-state index contributed by atoms with van der Waals surface area (Å²) in [7, 11) is 0. The second kappa shape index (κ2) is 13.9. The van der Waals surface area contributed by atoms with Gasteiger partial charge in [-0.2, -0.15) is 18.3 Å². The van der Waals surface area contributed by atoms with E-state index in [2.05, 4.69) is 25.0 Å². The van der Waals surface area contributed by atoms with Gasteiger partial charge in [-0.1, -0.05) is 54.2 Å². The lowest BCUT2D eigenvalue weighted by molar-refractivity contribution is -0.274. The number of hydrogen-bond donors (Lipinski definition) is 2. The number of carbonyl (C=O) groups is 1. The Hall–Kier alpha value is -4.86. The Morgan fingerprint density at radius 3 is 2.09 bits per heavy atom. The molecule has 1 aromatic heterocycles. The molecule has 4 rings (SSSR count). The van der Waals surface area contributed by atoms with Gasteiger partial charge in [-0.05, 0) is 54.8 Å². The van der Waals surface area contributed by atoms with Crippen molar-refractivity contribution in [3.63, 3.8) is 0 Å². The van der Waals surface area contributed by atoms with Crippen LogP contribution in [0.3, 0.4) is 0 Å². The lowest BCUT2D eigenvalue weighted by Crippen LogP contribution is -2.21. The fraction of sp³-hybridized carbons (Fsp3) is 0.148. The summed E-state index contributed by atoms with van der Waals surface area (Å²) in [6.07, 6.45) is -6.74. The fourth-order valence-electron chi connectivity index (χ4n) is 3.28. The number of carboxylic acids is 1. The fourth-order valence-corrected chi connectivity index (χ4v) is 4.03. The van der Waals surface area contributed by atoms with Gasteiger partial charge in [-0.3, -0.25) is 0 Å². The van der Waals surface area contributed by atoms with E-state index in [0.717, 1.165) is 27.1 Å². The largest absolute Gasteiger partial charge is 0.573 e. The van der Waals surface area contributed by atoms with Crippen LogP contribution in [-0.2, 0) is 4.79 Å². The van der Waals surface area contributed by atoms with Gasteiger partial charge in [0.25, 0.3) is 0 Å². The molecule has 0 saturated heterocycles. The number of halogens is 6. The molecule has 3 N–H and O–H groups in total. The van der Waals surface area contributed by atoms with Crippen molar-refractivity contribution in [2.45, 2.75) is 31.3 Å². The minimum absolute atomic E-state index is 0.307. The number of nitrogens with zero attached hydrogens (tertiary/aromatic N) is 5. The number of ether oxygens (including phenoxy) is 1. The Balaban J connectivity index is 0.000000646. The first-order chi connectivity index (χ1) is 20.1. The molecule has 0 unspecified atom stereocenters. The van der Waals surface area contributed by atoms with E-state index in [1.165, 1.54) is 47.0 Å². The van der Waals surface area contributed by atoms with Crippen molar-refractivity contribution in [1.29, 1.82) is 0 Å². The number of rotatable bonds is 6. The van der Waals surface area contributed by atoms with E-state index < -0.39 is 18.5 Å². The molecule has 0 aliphatic carbocycles. The number of hydrogen-bond acceptors (Lipinski definition) is 7. The lowest BCUT2D eigenvalue weighted by atomic mass is 10.1. The van der Waals surface area contributed by atoms with Crippen molar-refractivity contribution in [3.05, 3.63) is 89.7 Å². The molecule has 0 radical (unpaired) electrons. The summed E-state index contributed by atoms with van der Waals surface area (Å²) in [6.45, 7) is 4.04. The third-order valence-electron chi connectivity index (χ3n) is 5.22. The van der Waals surface area contributed by atoms with Gasteiger partial charge in [-0.25, -0.2) is 14.5 Å². The average molecular weight is 625 g/mol. The summed E-state index contributed by atoms with van der Waals surface area (Å²) in [5.41, 5.74) is 10.4. The number of amidine groups is 1. The Morgan fingerprint density at radius 1 is 0.977 bits per heavy atom. The molecule has 0 aliphatic rings. The van der Waals surface area contributed by atoms with E-state index in [1.54, 1.807) is 6.21 Å². The average Bonchev–Trinajstić information content (AvgIpc) is 3.41. The third kappa shape index (κ3) is 10.2. The predicted octanol–water partition coefficient (Wildman–Crippen LogP) is 6.52. The Labute approximate surface area is 244 Å². The smallest absolute Gasteiger partial charge is 0.475 e. The summed E-state index contributed by atoms with van der Waals surface area (Å²) in [5.74, 6) is -2.60. The van der Waals surface area contributed by atoms with E-state index in [1.807, 2.05) is 56.3 Å². The van der Waals surface area contributed by atoms with Crippen LogP contribution in [0.1, 0.15) is 16.7 Å². The van der Waals surface area contributed by atoms with Crippen LogP contribution in [-0.4, -0.2) is 49.8 Å². The monoisotopic (exact) mass is 624 g/mol. The SMILES string of the molecule is Cc1cccc(C)c1SC(N)=NN=Cc1ccc(-c2ncn(-c3ccc(OC(F)(F)F)cc3)n2)cc1.O=C(O)C(F)(F)F. The van der Waals surface area contributed by atoms with E-state index in [-0.39, 0.29) is 5.75 Å². The molecular formula is C27H22F6N6O3S. The van der Waals surface area contributed by atoms with E-state index in [9.17, 15) is 26.3 Å². The third-order valence-corrected chi connectivity index (χ3v) is 6.36. The topological polar surface area (TPSA) is 128 Å². The molecule has 3 aromatic carbocycles. The van der Waals surface area contributed by atoms with Gasteiger partial charge >= 0.3 is 18.5 Å². The minimum atomic E-state index is -5.08. The molecule has 9 nitrogen and oxygen atoms in total. The van der Waals surface area contributed by atoms with Gasteiger partial charge in [0.15, 0.2) is 11.0 Å². The van der Waals surface area contributed by atoms with Crippen molar-refractivity contribution < 1.29 is 41.0 Å². The summed E-state index contributed by atoms with van der Waals surface area (Å²) >= 11 is 1.37. The maximum Gasteiger partial charge on any atom is 0.573 e. The van der Waals surface area contributed by atoms with Crippen LogP contribution in [0.5, 0.6) is 5.75 Å². The number of benzene rings is 3. The molecule has 0 fully saturated rings. The molecule has 43 heavy (non-hydrogen) atoms. The minimum Gasteiger partial charge on any atom is -0.475 e. The van der Waals surface area contributed by atoms with Crippen molar-refractivity contribution in [2.24, 2.45) is 15.9 Å². The van der Waals surface area contributed by atoms with E-state index >= 15 is 0 Å². The second-order valence-corrected chi connectivity index (χ2v) is 9.52. The Bertz CT molecular complexity index is 1580. The van der Waals surface area contributed by atoms with Crippen LogP contribution in [0, 0.1) is 13.8 Å². The zero-order valence-electron chi connectivity index (χ0n) is 22.3. The first-order valence-electron chi connectivity index (χ1n) is 11.9. The normalized spacial score (nSPS) is 12.1. The van der Waals surface area contributed by atoms with Crippen molar-refractivity contribution in [1.82, 2.24) is 14.8 Å². The first kappa shape index (κ1) is 32.7. The molecule has 0 amide bonds. The maximum atomic E-state index is 12.3. The highest BCUT2D eigenvalue weighted by molar-refractivity contribution is 8.13. The zero-order chi connectivity index (χ0) is 31.8. The Kier molecular flexibility index (Phi) is 10.5. The van der Waals surface area contributed by atoms with Crippen LogP contribution in [0.2, 0.25) is 0 Å². The van der Waals surface area contributed by atoms with Crippen molar-refractivity contribution in [2.75, 3.05) is 0 Å². The van der Waals surface area contributed by atoms with Gasteiger partial charge in [0, 0.05) is 10.5 Å². The van der Waals surface area contributed by atoms with Crippen LogP contribution in [0.25, 0.3) is 17.1 Å². The summed E-state index contributed by atoms with van der Waals surface area (Å²) in [5, 5.41) is 20.0. The molecule has 0 bridgehead atoms.